The van der Waals surface area contributed by atoms with E-state index in [0.717, 1.165) is 18.5 Å². The highest BCUT2D eigenvalue weighted by Gasteiger charge is 1.98. The standard InChI is InChI=1S/C17H15N/c1-2-6-16-13-14(8-10-15(16)5-1)9-11-17-7-3-4-12-18-17/h1-8,10,12-13H,9,11H2. The van der Waals surface area contributed by atoms with E-state index in [4.69, 9.17) is 0 Å². The van der Waals surface area contributed by atoms with Crippen molar-refractivity contribution in [1.82, 2.24) is 4.98 Å². The molecule has 0 N–H and O–H groups in total. The number of fused-ring (bicyclic) bond motifs is 1. The molecule has 3 aromatic rings. The smallest absolute Gasteiger partial charge is 0.0406 e. The van der Waals surface area contributed by atoms with Crippen molar-refractivity contribution in [1.29, 1.82) is 0 Å². The summed E-state index contributed by atoms with van der Waals surface area (Å²) in [5.41, 5.74) is 2.53. The molecule has 1 nitrogen and oxygen atoms in total. The summed E-state index contributed by atoms with van der Waals surface area (Å²) in [5.74, 6) is 0. The van der Waals surface area contributed by atoms with Gasteiger partial charge < -0.3 is 0 Å². The van der Waals surface area contributed by atoms with E-state index in [0.29, 0.717) is 0 Å². The van der Waals surface area contributed by atoms with Crippen LogP contribution in [0, 0.1) is 0 Å². The molecule has 88 valence electrons. The van der Waals surface area contributed by atoms with Crippen LogP contribution in [0.2, 0.25) is 0 Å². The first-order chi connectivity index (χ1) is 8.92. The van der Waals surface area contributed by atoms with E-state index in [1.54, 1.807) is 0 Å². The van der Waals surface area contributed by atoms with Crippen LogP contribution in [0.4, 0.5) is 0 Å². The SMILES string of the molecule is c1ccc(CCc2ccc3ccccc3c2)nc1. The van der Waals surface area contributed by atoms with Gasteiger partial charge in [-0.05, 0) is 41.3 Å². The minimum atomic E-state index is 0.999. The lowest BCUT2D eigenvalue weighted by atomic mass is 10.0. The number of benzene rings is 2. The minimum absolute atomic E-state index is 0.999. The van der Waals surface area contributed by atoms with Crippen molar-refractivity contribution in [2.75, 3.05) is 0 Å². The molecule has 0 unspecified atom stereocenters. The molecule has 2 aromatic carbocycles. The molecule has 0 saturated heterocycles. The van der Waals surface area contributed by atoms with Crippen LogP contribution in [-0.2, 0) is 12.8 Å². The maximum atomic E-state index is 4.36. The fourth-order valence-electron chi connectivity index (χ4n) is 2.21. The van der Waals surface area contributed by atoms with Crippen LogP contribution < -0.4 is 0 Å². The fourth-order valence-corrected chi connectivity index (χ4v) is 2.21. The third kappa shape index (κ3) is 2.40. The van der Waals surface area contributed by atoms with E-state index in [1.807, 2.05) is 18.3 Å². The second-order valence-electron chi connectivity index (χ2n) is 4.50. The van der Waals surface area contributed by atoms with Gasteiger partial charge in [-0.1, -0.05) is 48.5 Å². The number of hydrogen-bond acceptors (Lipinski definition) is 1. The van der Waals surface area contributed by atoms with Crippen LogP contribution in [0.5, 0.6) is 0 Å². The molecule has 0 fully saturated rings. The van der Waals surface area contributed by atoms with E-state index < -0.39 is 0 Å². The molecule has 0 aliphatic rings. The van der Waals surface area contributed by atoms with Crippen LogP contribution in [-0.4, -0.2) is 4.98 Å². The van der Waals surface area contributed by atoms with E-state index in [-0.39, 0.29) is 0 Å². The van der Waals surface area contributed by atoms with Crippen LogP contribution >= 0.6 is 0 Å². The van der Waals surface area contributed by atoms with Gasteiger partial charge in [0.05, 0.1) is 0 Å². The quantitative estimate of drug-likeness (QED) is 0.665. The Kier molecular flexibility index (Phi) is 3.05. The Bertz CT molecular complexity index is 644. The molecule has 0 spiro atoms. The highest BCUT2D eigenvalue weighted by molar-refractivity contribution is 5.82. The Morgan fingerprint density at radius 3 is 2.39 bits per heavy atom. The van der Waals surface area contributed by atoms with Gasteiger partial charge in [0.25, 0.3) is 0 Å². The molecule has 0 aliphatic carbocycles. The Morgan fingerprint density at radius 1 is 0.722 bits per heavy atom. The molecule has 0 atom stereocenters. The first-order valence-electron chi connectivity index (χ1n) is 6.29. The number of aromatic nitrogens is 1. The van der Waals surface area contributed by atoms with Gasteiger partial charge in [0, 0.05) is 11.9 Å². The zero-order valence-corrected chi connectivity index (χ0v) is 10.2. The number of hydrogen-bond donors (Lipinski definition) is 0. The molecular weight excluding hydrogens is 218 g/mol. The van der Waals surface area contributed by atoms with Gasteiger partial charge in [0.15, 0.2) is 0 Å². The van der Waals surface area contributed by atoms with Crippen molar-refractivity contribution >= 4 is 10.8 Å². The topological polar surface area (TPSA) is 12.9 Å². The highest BCUT2D eigenvalue weighted by Crippen LogP contribution is 2.16. The van der Waals surface area contributed by atoms with Gasteiger partial charge in [0.1, 0.15) is 0 Å². The van der Waals surface area contributed by atoms with Gasteiger partial charge in [-0.2, -0.15) is 0 Å². The Hall–Kier alpha value is -2.15. The number of aryl methyl sites for hydroxylation is 2. The van der Waals surface area contributed by atoms with E-state index >= 15 is 0 Å². The number of nitrogens with zero attached hydrogens (tertiary/aromatic N) is 1. The van der Waals surface area contributed by atoms with E-state index in [1.165, 1.54) is 16.3 Å². The zero-order chi connectivity index (χ0) is 12.2. The van der Waals surface area contributed by atoms with Crippen molar-refractivity contribution in [3.05, 3.63) is 78.1 Å². The molecule has 1 heteroatoms. The molecule has 0 saturated carbocycles. The van der Waals surface area contributed by atoms with Crippen molar-refractivity contribution in [3.8, 4) is 0 Å². The molecule has 0 bridgehead atoms. The van der Waals surface area contributed by atoms with Gasteiger partial charge in [-0.15, -0.1) is 0 Å². The summed E-state index contributed by atoms with van der Waals surface area (Å²) < 4.78 is 0. The molecule has 3 rings (SSSR count). The lowest BCUT2D eigenvalue weighted by molar-refractivity contribution is 0.915. The van der Waals surface area contributed by atoms with Crippen molar-refractivity contribution in [2.45, 2.75) is 12.8 Å². The molecule has 0 amide bonds. The normalized spacial score (nSPS) is 10.7. The Morgan fingerprint density at radius 2 is 1.56 bits per heavy atom. The molecule has 0 radical (unpaired) electrons. The van der Waals surface area contributed by atoms with Gasteiger partial charge in [-0.25, -0.2) is 0 Å². The van der Waals surface area contributed by atoms with Gasteiger partial charge in [-0.3, -0.25) is 4.98 Å². The van der Waals surface area contributed by atoms with Crippen LogP contribution in [0.25, 0.3) is 10.8 Å². The summed E-state index contributed by atoms with van der Waals surface area (Å²) in [6.07, 6.45) is 3.90. The first-order valence-corrected chi connectivity index (χ1v) is 6.29. The summed E-state index contributed by atoms with van der Waals surface area (Å²) in [4.78, 5) is 4.36. The first kappa shape index (κ1) is 11.0. The molecule has 0 aliphatic heterocycles. The highest BCUT2D eigenvalue weighted by atomic mass is 14.7. The summed E-state index contributed by atoms with van der Waals surface area (Å²) in [7, 11) is 0. The maximum absolute atomic E-state index is 4.36. The van der Waals surface area contributed by atoms with Gasteiger partial charge in [0.2, 0.25) is 0 Å². The summed E-state index contributed by atoms with van der Waals surface area (Å²) in [5, 5.41) is 2.62. The lowest BCUT2D eigenvalue weighted by Gasteiger charge is -2.03. The number of pyridine rings is 1. The summed E-state index contributed by atoms with van der Waals surface area (Å²) in [6, 6.07) is 21.3. The van der Waals surface area contributed by atoms with Crippen LogP contribution in [0.1, 0.15) is 11.3 Å². The lowest BCUT2D eigenvalue weighted by Crippen LogP contribution is -1.93. The Balaban J connectivity index is 1.79. The predicted molar refractivity (Wildman–Crippen MR) is 75.6 cm³/mol. The average molecular weight is 233 g/mol. The van der Waals surface area contributed by atoms with Crippen LogP contribution in [0.3, 0.4) is 0 Å². The summed E-state index contributed by atoms with van der Waals surface area (Å²) in [6.45, 7) is 0. The summed E-state index contributed by atoms with van der Waals surface area (Å²) >= 11 is 0. The third-order valence-corrected chi connectivity index (χ3v) is 3.21. The fraction of sp³-hybridized carbons (Fsp3) is 0.118. The van der Waals surface area contributed by atoms with Crippen LogP contribution in [0.15, 0.2) is 66.9 Å². The third-order valence-electron chi connectivity index (χ3n) is 3.21. The monoisotopic (exact) mass is 233 g/mol. The molecule has 1 heterocycles. The minimum Gasteiger partial charge on any atom is -0.261 e. The van der Waals surface area contributed by atoms with Crippen molar-refractivity contribution < 1.29 is 0 Å². The zero-order valence-electron chi connectivity index (χ0n) is 10.2. The predicted octanol–water partition coefficient (Wildman–Crippen LogP) is 4.02. The van der Waals surface area contributed by atoms with E-state index in [9.17, 15) is 0 Å². The second kappa shape index (κ2) is 5.01. The maximum Gasteiger partial charge on any atom is 0.0406 e. The molecule has 18 heavy (non-hydrogen) atoms. The second-order valence-corrected chi connectivity index (χ2v) is 4.50. The Labute approximate surface area is 107 Å². The van der Waals surface area contributed by atoms with Crippen molar-refractivity contribution in [3.63, 3.8) is 0 Å². The van der Waals surface area contributed by atoms with E-state index in [2.05, 4.69) is 53.5 Å². The molecular formula is C17H15N. The average Bonchev–Trinajstić information content (AvgIpc) is 2.46. The largest absolute Gasteiger partial charge is 0.261 e. The number of rotatable bonds is 3. The van der Waals surface area contributed by atoms with Gasteiger partial charge >= 0.3 is 0 Å². The van der Waals surface area contributed by atoms with Crippen molar-refractivity contribution in [2.24, 2.45) is 0 Å². The molecule has 1 aromatic heterocycles.